The first-order chi connectivity index (χ1) is 6.90. The number of para-hydroxylation sites is 1. The van der Waals surface area contributed by atoms with Crippen LogP contribution in [0.1, 0.15) is 13.8 Å². The molecule has 5 heteroatoms. The molecule has 86 valence electrons. The molecule has 0 aromatic heterocycles. The van der Waals surface area contributed by atoms with Gasteiger partial charge in [-0.25, -0.2) is 0 Å². The molecule has 1 aromatic carbocycles. The molecule has 0 atom stereocenters. The molecule has 0 saturated carbocycles. The Morgan fingerprint density at radius 3 is 1.80 bits per heavy atom. The molecule has 0 aliphatic carbocycles. The smallest absolute Gasteiger partial charge is 0.269 e. The highest BCUT2D eigenvalue weighted by Crippen LogP contribution is 1.98. The quantitative estimate of drug-likeness (QED) is 0.620. The molecule has 0 saturated heterocycles. The zero-order valence-electron chi connectivity index (χ0n) is 9.17. The molecule has 1 aromatic rings. The third-order valence-corrected chi connectivity index (χ3v) is 3.23. The molecule has 0 aliphatic heterocycles. The van der Waals surface area contributed by atoms with Crippen molar-refractivity contribution in [3.8, 4) is 0 Å². The van der Waals surface area contributed by atoms with E-state index in [1.807, 2.05) is 30.3 Å². The van der Waals surface area contributed by atoms with Gasteiger partial charge >= 0.3 is 0 Å². The summed E-state index contributed by atoms with van der Waals surface area (Å²) in [5.74, 6) is 0. The summed E-state index contributed by atoms with van der Waals surface area (Å²) in [6.45, 7) is 3.14. The van der Waals surface area contributed by atoms with Crippen LogP contribution in [0.5, 0.6) is 0 Å². The molecular weight excluding hydrogens is 214 g/mol. The molecule has 0 heterocycles. The van der Waals surface area contributed by atoms with Crippen LogP contribution in [0.25, 0.3) is 0 Å². The van der Waals surface area contributed by atoms with Gasteiger partial charge in [-0.2, -0.15) is 8.42 Å². The fourth-order valence-electron chi connectivity index (χ4n) is 0.645. The normalized spacial score (nSPS) is 10.7. The first kappa shape index (κ1) is 13.9. The third kappa shape index (κ3) is 6.09. The van der Waals surface area contributed by atoms with E-state index >= 15 is 0 Å². The molecule has 4 nitrogen and oxygen atoms in total. The van der Waals surface area contributed by atoms with E-state index in [9.17, 15) is 8.42 Å². The average molecular weight is 231 g/mol. The van der Waals surface area contributed by atoms with Gasteiger partial charge in [-0.05, 0) is 26.0 Å². The summed E-state index contributed by atoms with van der Waals surface area (Å²) < 4.78 is 25.1. The van der Waals surface area contributed by atoms with Gasteiger partial charge in [0.2, 0.25) is 0 Å². The summed E-state index contributed by atoms with van der Waals surface area (Å²) in [7, 11) is -2.07. The van der Waals surface area contributed by atoms with Gasteiger partial charge in [-0.3, -0.25) is 4.18 Å². The molecule has 15 heavy (non-hydrogen) atoms. The van der Waals surface area contributed by atoms with E-state index in [4.69, 9.17) is 5.73 Å². The van der Waals surface area contributed by atoms with E-state index in [1.165, 1.54) is 0 Å². The Kier molecular flexibility index (Phi) is 5.96. The number of hydrogen-bond acceptors (Lipinski definition) is 4. The molecule has 0 unspecified atom stereocenters. The van der Waals surface area contributed by atoms with E-state index in [0.29, 0.717) is 0 Å². The van der Waals surface area contributed by atoms with Crippen LogP contribution in [0.4, 0.5) is 5.69 Å². The Morgan fingerprint density at radius 1 is 1.20 bits per heavy atom. The van der Waals surface area contributed by atoms with E-state index in [1.54, 1.807) is 13.8 Å². The van der Waals surface area contributed by atoms with Crippen molar-refractivity contribution in [2.45, 2.75) is 19.1 Å². The molecular formula is C10H17NO3S. The first-order valence-electron chi connectivity index (χ1n) is 4.50. The van der Waals surface area contributed by atoms with Gasteiger partial charge in [0.25, 0.3) is 10.1 Å². The fraction of sp³-hybridized carbons (Fsp3) is 0.400. The SMILES string of the molecule is COS(=O)(=O)C(C)C.Nc1ccccc1. The van der Waals surface area contributed by atoms with Crippen LogP contribution < -0.4 is 5.73 Å². The number of anilines is 1. The van der Waals surface area contributed by atoms with Crippen LogP contribution in [0.2, 0.25) is 0 Å². The maximum Gasteiger partial charge on any atom is 0.269 e. The molecule has 1 rings (SSSR count). The minimum absolute atomic E-state index is 0.438. The molecule has 0 spiro atoms. The predicted octanol–water partition coefficient (Wildman–Crippen LogP) is 1.64. The highest BCUT2D eigenvalue weighted by molar-refractivity contribution is 7.87. The Labute approximate surface area is 91.2 Å². The lowest BCUT2D eigenvalue weighted by Gasteiger charge is -2.01. The summed E-state index contributed by atoms with van der Waals surface area (Å²) >= 11 is 0. The van der Waals surface area contributed by atoms with Crippen molar-refractivity contribution in [3.05, 3.63) is 30.3 Å². The minimum atomic E-state index is -3.24. The second-order valence-corrected chi connectivity index (χ2v) is 5.38. The lowest BCUT2D eigenvalue weighted by Crippen LogP contribution is -2.14. The minimum Gasteiger partial charge on any atom is -0.399 e. The summed E-state index contributed by atoms with van der Waals surface area (Å²) in [6, 6.07) is 9.49. The van der Waals surface area contributed by atoms with E-state index in [2.05, 4.69) is 4.18 Å². The lowest BCUT2D eigenvalue weighted by atomic mass is 10.3. The molecule has 0 amide bonds. The standard InChI is InChI=1S/C6H7N.C4H10O3S/c7-6-4-2-1-3-5-6;1-4(2)8(5,6)7-3/h1-5H,7H2;4H,1-3H3. The van der Waals surface area contributed by atoms with Crippen molar-refractivity contribution in [1.29, 1.82) is 0 Å². The predicted molar refractivity (Wildman–Crippen MR) is 61.9 cm³/mol. The first-order valence-corrected chi connectivity index (χ1v) is 5.97. The van der Waals surface area contributed by atoms with Crippen molar-refractivity contribution < 1.29 is 12.6 Å². The molecule has 0 fully saturated rings. The van der Waals surface area contributed by atoms with E-state index in [0.717, 1.165) is 12.8 Å². The van der Waals surface area contributed by atoms with Crippen LogP contribution in [0.3, 0.4) is 0 Å². The summed E-state index contributed by atoms with van der Waals surface area (Å²) in [6.07, 6.45) is 0. The van der Waals surface area contributed by atoms with Crippen LogP contribution in [-0.2, 0) is 14.3 Å². The van der Waals surface area contributed by atoms with E-state index < -0.39 is 15.4 Å². The van der Waals surface area contributed by atoms with E-state index in [-0.39, 0.29) is 0 Å². The van der Waals surface area contributed by atoms with Crippen LogP contribution in [0, 0.1) is 0 Å². The third-order valence-electron chi connectivity index (χ3n) is 1.61. The van der Waals surface area contributed by atoms with Crippen molar-refractivity contribution in [2.24, 2.45) is 0 Å². The number of rotatable bonds is 2. The molecule has 0 radical (unpaired) electrons. The highest BCUT2D eigenvalue weighted by Gasteiger charge is 2.12. The maximum atomic E-state index is 10.5. The Hall–Kier alpha value is -1.07. The Balaban J connectivity index is 0.000000262. The second kappa shape index (κ2) is 6.42. The van der Waals surface area contributed by atoms with Gasteiger partial charge in [0.15, 0.2) is 0 Å². The van der Waals surface area contributed by atoms with Gasteiger partial charge in [0.05, 0.1) is 12.4 Å². The maximum absolute atomic E-state index is 10.5. The Bertz CT molecular complexity index is 360. The molecule has 0 aliphatic rings. The average Bonchev–Trinajstić information content (AvgIpc) is 2.19. The topological polar surface area (TPSA) is 69.4 Å². The van der Waals surface area contributed by atoms with Crippen molar-refractivity contribution >= 4 is 15.8 Å². The Morgan fingerprint density at radius 2 is 1.67 bits per heavy atom. The van der Waals surface area contributed by atoms with Gasteiger partial charge in [0.1, 0.15) is 0 Å². The second-order valence-electron chi connectivity index (χ2n) is 3.12. The summed E-state index contributed by atoms with van der Waals surface area (Å²) in [5, 5.41) is -0.438. The summed E-state index contributed by atoms with van der Waals surface area (Å²) in [5.41, 5.74) is 6.18. The van der Waals surface area contributed by atoms with Crippen LogP contribution in [-0.4, -0.2) is 20.8 Å². The zero-order valence-corrected chi connectivity index (χ0v) is 9.99. The van der Waals surface area contributed by atoms with Gasteiger partial charge < -0.3 is 5.73 Å². The fourth-order valence-corrected chi connectivity index (χ4v) is 1.03. The van der Waals surface area contributed by atoms with Crippen molar-refractivity contribution in [2.75, 3.05) is 12.8 Å². The largest absolute Gasteiger partial charge is 0.399 e. The number of nitrogens with two attached hydrogens (primary N) is 1. The molecule has 0 bridgehead atoms. The lowest BCUT2D eigenvalue weighted by molar-refractivity contribution is 0.391. The van der Waals surface area contributed by atoms with Crippen molar-refractivity contribution in [1.82, 2.24) is 0 Å². The summed E-state index contributed by atoms with van der Waals surface area (Å²) in [4.78, 5) is 0. The monoisotopic (exact) mass is 231 g/mol. The highest BCUT2D eigenvalue weighted by atomic mass is 32.2. The van der Waals surface area contributed by atoms with Gasteiger partial charge in [-0.1, -0.05) is 18.2 Å². The molecule has 2 N–H and O–H groups in total. The van der Waals surface area contributed by atoms with Gasteiger partial charge in [0, 0.05) is 5.69 Å². The number of hydrogen-bond donors (Lipinski definition) is 1. The van der Waals surface area contributed by atoms with Crippen LogP contribution in [0.15, 0.2) is 30.3 Å². The van der Waals surface area contributed by atoms with Crippen LogP contribution >= 0.6 is 0 Å². The van der Waals surface area contributed by atoms with Crippen molar-refractivity contribution in [3.63, 3.8) is 0 Å². The number of nitrogen functional groups attached to an aromatic ring is 1. The zero-order chi connectivity index (χ0) is 11.9. The number of benzene rings is 1. The van der Waals surface area contributed by atoms with Gasteiger partial charge in [-0.15, -0.1) is 0 Å².